The van der Waals surface area contributed by atoms with E-state index in [0.717, 1.165) is 0 Å². The van der Waals surface area contributed by atoms with Crippen molar-refractivity contribution in [2.24, 2.45) is 0 Å². The van der Waals surface area contributed by atoms with Crippen molar-refractivity contribution in [3.05, 3.63) is 0 Å². The van der Waals surface area contributed by atoms with Crippen molar-refractivity contribution in [1.29, 1.82) is 10.5 Å². The molecule has 0 spiro atoms. The topological polar surface area (TPSA) is 47.6 Å². The largest absolute Gasteiger partial charge is 0.476 e. The van der Waals surface area contributed by atoms with Crippen LogP contribution >= 0.6 is 0 Å². The molecule has 0 heterocycles. The maximum atomic E-state index is 12.4. The van der Waals surface area contributed by atoms with Crippen LogP contribution in [0.4, 0.5) is 26.3 Å². The Morgan fingerprint density at radius 1 is 0.667 bits per heavy atom. The Morgan fingerprint density at radius 2 is 0.933 bits per heavy atom. The number of nitrogens with zero attached hydrogens (tertiary/aromatic N) is 3. The number of hydrogen-bond acceptors (Lipinski definition) is 2. The maximum absolute atomic E-state index is 12.4. The zero-order valence-corrected chi connectivity index (χ0v) is 18.7. The lowest BCUT2D eigenvalue weighted by Gasteiger charge is -2.39. The SMILES string of the molecule is CCCC[N+](CCCC)(CCCC)CCCC.N#C[B-](F)(C#N)C(F)(F)C(F)(F)F. The van der Waals surface area contributed by atoms with E-state index < -0.39 is 18.4 Å². The lowest BCUT2D eigenvalue weighted by Crippen LogP contribution is -2.57. The molecular weight excluding hydrogens is 407 g/mol. The van der Waals surface area contributed by atoms with Crippen molar-refractivity contribution < 1.29 is 30.8 Å². The average molecular weight is 443 g/mol. The van der Waals surface area contributed by atoms with Gasteiger partial charge in [0.25, 0.3) is 5.82 Å². The molecule has 176 valence electrons. The van der Waals surface area contributed by atoms with Crippen LogP contribution in [0.5, 0.6) is 0 Å². The molecule has 10 heteroatoms. The summed E-state index contributed by atoms with van der Waals surface area (Å²) in [5.41, 5.74) is 0. The summed E-state index contributed by atoms with van der Waals surface area (Å²) in [6.07, 6.45) is -0.751. The fraction of sp³-hybridized carbons (Fsp3) is 0.900. The first-order chi connectivity index (χ1) is 13.9. The predicted molar refractivity (Wildman–Crippen MR) is 108 cm³/mol. The maximum Gasteiger partial charge on any atom is 0.422 e. The molecule has 0 N–H and O–H groups in total. The molecule has 0 aliphatic rings. The van der Waals surface area contributed by atoms with Gasteiger partial charge in [-0.1, -0.05) is 65.3 Å². The molecule has 0 aliphatic carbocycles. The second-order valence-electron chi connectivity index (χ2n) is 7.79. The zero-order chi connectivity index (χ0) is 23.9. The summed E-state index contributed by atoms with van der Waals surface area (Å²) in [6.45, 7) is 15.0. The van der Waals surface area contributed by atoms with Gasteiger partial charge >= 0.3 is 12.6 Å². The third-order valence-corrected chi connectivity index (χ3v) is 5.18. The van der Waals surface area contributed by atoms with Crippen LogP contribution in [0.15, 0.2) is 0 Å². The minimum atomic E-state index is -6.24. The van der Waals surface area contributed by atoms with Crippen LogP contribution < -0.4 is 0 Å². The van der Waals surface area contributed by atoms with Crippen molar-refractivity contribution in [3.8, 4) is 11.9 Å². The summed E-state index contributed by atoms with van der Waals surface area (Å²) in [6, 6.07) is 0. The highest BCUT2D eigenvalue weighted by atomic mass is 19.4. The number of quaternary nitrogens is 1. The quantitative estimate of drug-likeness (QED) is 0.179. The van der Waals surface area contributed by atoms with Gasteiger partial charge in [-0.25, -0.2) is 19.3 Å². The van der Waals surface area contributed by atoms with Gasteiger partial charge in [-0.15, -0.1) is 0 Å². The van der Waals surface area contributed by atoms with Crippen molar-refractivity contribution >= 4 is 6.42 Å². The summed E-state index contributed by atoms with van der Waals surface area (Å²) in [4.78, 5) is 0. The Labute approximate surface area is 177 Å². The first-order valence-electron chi connectivity index (χ1n) is 10.8. The Bertz CT molecular complexity index is 489. The lowest BCUT2D eigenvalue weighted by molar-refractivity contribution is -0.929. The Hall–Kier alpha value is -1.42. The van der Waals surface area contributed by atoms with Gasteiger partial charge in [0.1, 0.15) is 0 Å². The number of halogens is 6. The monoisotopic (exact) mass is 443 g/mol. The molecule has 0 aromatic carbocycles. The summed E-state index contributed by atoms with van der Waals surface area (Å²) in [5.74, 6) is -5.85. The van der Waals surface area contributed by atoms with Crippen molar-refractivity contribution in [2.45, 2.75) is 91.1 Å². The summed E-state index contributed by atoms with van der Waals surface area (Å²) >= 11 is 0. The summed E-state index contributed by atoms with van der Waals surface area (Å²) in [7, 11) is 0. The van der Waals surface area contributed by atoms with E-state index in [1.54, 1.807) is 0 Å². The molecule has 0 rings (SSSR count). The van der Waals surface area contributed by atoms with Crippen LogP contribution in [-0.2, 0) is 0 Å². The van der Waals surface area contributed by atoms with E-state index in [0.29, 0.717) is 0 Å². The Kier molecular flexibility index (Phi) is 14.9. The van der Waals surface area contributed by atoms with E-state index in [1.165, 1.54) is 82.0 Å². The van der Waals surface area contributed by atoms with Crippen molar-refractivity contribution in [2.75, 3.05) is 26.2 Å². The van der Waals surface area contributed by atoms with Gasteiger partial charge in [0.05, 0.1) is 26.2 Å². The molecule has 0 saturated carbocycles. The van der Waals surface area contributed by atoms with Crippen molar-refractivity contribution in [3.63, 3.8) is 0 Å². The zero-order valence-electron chi connectivity index (χ0n) is 18.7. The normalized spacial score (nSPS) is 12.5. The second kappa shape index (κ2) is 14.6. The van der Waals surface area contributed by atoms with Gasteiger partial charge in [0.15, 0.2) is 0 Å². The van der Waals surface area contributed by atoms with E-state index >= 15 is 0 Å². The van der Waals surface area contributed by atoms with Crippen LogP contribution in [0.3, 0.4) is 0 Å². The highest BCUT2D eigenvalue weighted by molar-refractivity contribution is 6.89. The number of rotatable bonds is 13. The van der Waals surface area contributed by atoms with Crippen LogP contribution in [0.1, 0.15) is 79.1 Å². The number of unbranched alkanes of at least 4 members (excludes halogenated alkanes) is 4. The molecule has 0 saturated heterocycles. The number of nitriles is 2. The van der Waals surface area contributed by atoms with Gasteiger partial charge < -0.3 is 8.80 Å². The first-order valence-corrected chi connectivity index (χ1v) is 10.8. The molecule has 0 aromatic rings. The van der Waals surface area contributed by atoms with Crippen LogP contribution in [0.25, 0.3) is 0 Å². The third kappa shape index (κ3) is 9.60. The van der Waals surface area contributed by atoms with E-state index in [9.17, 15) is 26.3 Å². The van der Waals surface area contributed by atoms with Crippen LogP contribution in [-0.4, -0.2) is 49.1 Å². The van der Waals surface area contributed by atoms with Crippen molar-refractivity contribution in [1.82, 2.24) is 0 Å². The molecule has 0 radical (unpaired) electrons. The fourth-order valence-electron chi connectivity index (χ4n) is 3.06. The van der Waals surface area contributed by atoms with Gasteiger partial charge in [0, 0.05) is 0 Å². The smallest absolute Gasteiger partial charge is 0.422 e. The molecule has 3 nitrogen and oxygen atoms in total. The van der Waals surface area contributed by atoms with Gasteiger partial charge in [-0.05, 0) is 25.7 Å². The molecular formula is C20H36BF6N3. The summed E-state index contributed by atoms with van der Waals surface area (Å²) in [5, 5.41) is 15.4. The second-order valence-corrected chi connectivity index (χ2v) is 7.79. The molecule has 0 unspecified atom stereocenters. The Balaban J connectivity index is 0. The first kappa shape index (κ1) is 30.8. The fourth-order valence-corrected chi connectivity index (χ4v) is 3.06. The van der Waals surface area contributed by atoms with Gasteiger partial charge in [-0.2, -0.15) is 13.2 Å². The van der Waals surface area contributed by atoms with Gasteiger partial charge in [-0.3, -0.25) is 0 Å². The number of alkyl halides is 5. The molecule has 0 aromatic heterocycles. The Morgan fingerprint density at radius 3 is 1.07 bits per heavy atom. The van der Waals surface area contributed by atoms with Crippen LogP contribution in [0, 0.1) is 22.5 Å². The third-order valence-electron chi connectivity index (χ3n) is 5.18. The molecule has 0 amide bonds. The van der Waals surface area contributed by atoms with E-state index in [1.807, 2.05) is 0 Å². The highest BCUT2D eigenvalue weighted by Crippen LogP contribution is 2.42. The predicted octanol–water partition coefficient (Wildman–Crippen LogP) is 6.77. The molecule has 0 aliphatic heterocycles. The van der Waals surface area contributed by atoms with E-state index in [2.05, 4.69) is 27.7 Å². The molecule has 0 atom stereocenters. The minimum absolute atomic E-state index is 0.0397. The number of hydrogen-bond donors (Lipinski definition) is 0. The summed E-state index contributed by atoms with van der Waals surface area (Å²) < 4.78 is 72.2. The standard InChI is InChI=1S/C16H36N.C4BF6N2/c1-5-9-13-17(14-10-6-2,15-11-7-3)16-12-8-4;6-3(7,4(8,9)10)5(11,1-12)2-13/h5-16H2,1-4H3;/q+1;-1. The van der Waals surface area contributed by atoms with Gasteiger partial charge in [0.2, 0.25) is 0 Å². The molecule has 30 heavy (non-hydrogen) atoms. The van der Waals surface area contributed by atoms with Crippen LogP contribution in [0.2, 0.25) is 0 Å². The van der Waals surface area contributed by atoms with E-state index in [-0.39, 0.29) is 11.9 Å². The highest BCUT2D eigenvalue weighted by Gasteiger charge is 2.67. The molecule has 0 fully saturated rings. The average Bonchev–Trinajstić information content (AvgIpc) is 2.71. The lowest BCUT2D eigenvalue weighted by atomic mass is 9.41. The van der Waals surface area contributed by atoms with E-state index in [4.69, 9.17) is 10.5 Å². The minimum Gasteiger partial charge on any atom is -0.476 e. The molecule has 0 bridgehead atoms.